The van der Waals surface area contributed by atoms with Gasteiger partial charge in [0, 0.05) is 37.3 Å². The highest BCUT2D eigenvalue weighted by Gasteiger charge is 2.42. The topological polar surface area (TPSA) is 112 Å². The van der Waals surface area contributed by atoms with Gasteiger partial charge in [-0.25, -0.2) is 16.8 Å². The van der Waals surface area contributed by atoms with Crippen LogP contribution in [0.15, 0.2) is 46.2 Å². The molecule has 0 radical (unpaired) electrons. The second kappa shape index (κ2) is 9.98. The van der Waals surface area contributed by atoms with Crippen LogP contribution in [0.1, 0.15) is 13.8 Å². The molecule has 1 saturated heterocycles. The van der Waals surface area contributed by atoms with Crippen LogP contribution in [0, 0.1) is 0 Å². The second-order valence-corrected chi connectivity index (χ2v) is 11.7. The van der Waals surface area contributed by atoms with Gasteiger partial charge >= 0.3 is 0 Å². The molecular formula is C22H30N2O8S2. The molecule has 1 aliphatic rings. The minimum absolute atomic E-state index is 0.00641. The van der Waals surface area contributed by atoms with E-state index in [0.29, 0.717) is 23.0 Å². The van der Waals surface area contributed by atoms with E-state index in [2.05, 4.69) is 0 Å². The van der Waals surface area contributed by atoms with Crippen molar-refractivity contribution in [3.63, 3.8) is 0 Å². The molecule has 0 aromatic heterocycles. The first-order valence-corrected chi connectivity index (χ1v) is 13.4. The summed E-state index contributed by atoms with van der Waals surface area (Å²) in [6.07, 6.45) is 0. The Hall–Kier alpha value is -2.54. The van der Waals surface area contributed by atoms with Crippen LogP contribution in [0.5, 0.6) is 23.0 Å². The first-order valence-electron chi connectivity index (χ1n) is 10.5. The number of methoxy groups -OCH3 is 4. The Labute approximate surface area is 201 Å². The van der Waals surface area contributed by atoms with Crippen LogP contribution in [0.25, 0.3) is 0 Å². The number of rotatable bonds is 8. The summed E-state index contributed by atoms with van der Waals surface area (Å²) >= 11 is 0. The molecule has 0 N–H and O–H groups in total. The average Bonchev–Trinajstić information content (AvgIpc) is 2.82. The summed E-state index contributed by atoms with van der Waals surface area (Å²) in [6.45, 7) is 3.36. The summed E-state index contributed by atoms with van der Waals surface area (Å²) in [5.41, 5.74) is 0. The van der Waals surface area contributed by atoms with Gasteiger partial charge in [0.2, 0.25) is 20.0 Å². The zero-order valence-corrected chi connectivity index (χ0v) is 21.6. The molecule has 2 aromatic carbocycles. The second-order valence-electron chi connectivity index (χ2n) is 7.89. The Kier molecular flexibility index (Phi) is 7.65. The smallest absolute Gasteiger partial charge is 0.243 e. The number of nitrogens with zero attached hydrogens (tertiary/aromatic N) is 2. The zero-order valence-electron chi connectivity index (χ0n) is 20.0. The van der Waals surface area contributed by atoms with Crippen molar-refractivity contribution in [2.45, 2.75) is 35.7 Å². The Morgan fingerprint density at radius 2 is 1.03 bits per heavy atom. The lowest BCUT2D eigenvalue weighted by Gasteiger charge is -2.42. The van der Waals surface area contributed by atoms with Gasteiger partial charge in [0.25, 0.3) is 0 Å². The largest absolute Gasteiger partial charge is 0.493 e. The molecule has 0 amide bonds. The molecule has 1 aliphatic heterocycles. The minimum Gasteiger partial charge on any atom is -0.493 e. The third kappa shape index (κ3) is 4.67. The molecular weight excluding hydrogens is 484 g/mol. The third-order valence-electron chi connectivity index (χ3n) is 5.73. The number of hydrogen-bond donors (Lipinski definition) is 0. The number of sulfonamides is 2. The molecule has 0 bridgehead atoms. The number of piperazine rings is 1. The molecule has 2 atom stereocenters. The van der Waals surface area contributed by atoms with Crippen molar-refractivity contribution in [1.29, 1.82) is 0 Å². The molecule has 0 unspecified atom stereocenters. The van der Waals surface area contributed by atoms with E-state index >= 15 is 0 Å². The fourth-order valence-corrected chi connectivity index (χ4v) is 7.59. The minimum atomic E-state index is -3.93. The molecule has 0 aliphatic carbocycles. The monoisotopic (exact) mass is 514 g/mol. The van der Waals surface area contributed by atoms with Crippen molar-refractivity contribution in [3.8, 4) is 23.0 Å². The van der Waals surface area contributed by atoms with Crippen LogP contribution < -0.4 is 18.9 Å². The van der Waals surface area contributed by atoms with E-state index in [0.717, 1.165) is 0 Å². The lowest BCUT2D eigenvalue weighted by atomic mass is 10.2. The van der Waals surface area contributed by atoms with Crippen LogP contribution in [0.3, 0.4) is 0 Å². The lowest BCUT2D eigenvalue weighted by Crippen LogP contribution is -2.59. The SMILES string of the molecule is COc1ccc(S(=O)(=O)N2C[C@@H](C)N(S(=O)(=O)c3ccc(OC)c(OC)c3)[C@@H](C)C2)cc1OC. The summed E-state index contributed by atoms with van der Waals surface area (Å²) in [7, 11) is -2.04. The van der Waals surface area contributed by atoms with Crippen LogP contribution in [0.4, 0.5) is 0 Å². The zero-order chi connectivity index (χ0) is 25.3. The maximum absolute atomic E-state index is 13.5. The quantitative estimate of drug-likeness (QED) is 0.527. The van der Waals surface area contributed by atoms with Gasteiger partial charge in [-0.1, -0.05) is 0 Å². The van der Waals surface area contributed by atoms with Crippen LogP contribution in [-0.4, -0.2) is 79.1 Å². The van der Waals surface area contributed by atoms with Gasteiger partial charge < -0.3 is 18.9 Å². The number of hydrogen-bond acceptors (Lipinski definition) is 8. The van der Waals surface area contributed by atoms with E-state index in [-0.39, 0.29) is 22.9 Å². The van der Waals surface area contributed by atoms with Crippen molar-refractivity contribution in [3.05, 3.63) is 36.4 Å². The summed E-state index contributed by atoms with van der Waals surface area (Å²) in [6, 6.07) is 7.52. The Morgan fingerprint density at radius 3 is 1.41 bits per heavy atom. The lowest BCUT2D eigenvalue weighted by molar-refractivity contribution is 0.159. The van der Waals surface area contributed by atoms with E-state index in [9.17, 15) is 16.8 Å². The predicted molar refractivity (Wildman–Crippen MR) is 126 cm³/mol. The van der Waals surface area contributed by atoms with Crippen molar-refractivity contribution in [2.24, 2.45) is 0 Å². The first-order chi connectivity index (χ1) is 16.0. The van der Waals surface area contributed by atoms with Crippen molar-refractivity contribution >= 4 is 20.0 Å². The first kappa shape index (κ1) is 26.1. The van der Waals surface area contributed by atoms with E-state index in [1.165, 1.54) is 73.4 Å². The maximum Gasteiger partial charge on any atom is 0.243 e. The molecule has 2 aromatic rings. The number of ether oxygens (including phenoxy) is 4. The Morgan fingerprint density at radius 1 is 0.647 bits per heavy atom. The summed E-state index contributed by atoms with van der Waals surface area (Å²) in [4.78, 5) is 0.0841. The Bertz CT molecular complexity index is 1240. The molecule has 1 heterocycles. The van der Waals surface area contributed by atoms with Gasteiger partial charge in [-0.3, -0.25) is 0 Å². The highest BCUT2D eigenvalue weighted by Crippen LogP contribution is 2.35. The van der Waals surface area contributed by atoms with E-state index < -0.39 is 32.1 Å². The summed E-state index contributed by atoms with van der Waals surface area (Å²) in [5.74, 6) is 1.40. The summed E-state index contributed by atoms with van der Waals surface area (Å²) < 4.78 is 77.2. The molecule has 34 heavy (non-hydrogen) atoms. The molecule has 1 fully saturated rings. The van der Waals surface area contributed by atoms with Gasteiger partial charge in [-0.15, -0.1) is 0 Å². The standard InChI is InChI=1S/C22H30N2O8S2/c1-15-13-23(33(25,26)17-7-9-19(29-3)21(11-17)31-5)14-16(2)24(15)34(27,28)18-8-10-20(30-4)22(12-18)32-6/h7-12,15-16H,13-14H2,1-6H3/t15-,16+. The van der Waals surface area contributed by atoms with Crippen LogP contribution in [0.2, 0.25) is 0 Å². The van der Waals surface area contributed by atoms with Crippen molar-refractivity contribution in [1.82, 2.24) is 8.61 Å². The molecule has 0 spiro atoms. The highest BCUT2D eigenvalue weighted by molar-refractivity contribution is 7.89. The summed E-state index contributed by atoms with van der Waals surface area (Å²) in [5, 5.41) is 0. The third-order valence-corrected chi connectivity index (χ3v) is 9.68. The average molecular weight is 515 g/mol. The molecule has 12 heteroatoms. The van der Waals surface area contributed by atoms with E-state index in [4.69, 9.17) is 18.9 Å². The highest BCUT2D eigenvalue weighted by atomic mass is 32.2. The predicted octanol–water partition coefficient (Wildman–Crippen LogP) is 2.19. The van der Waals surface area contributed by atoms with Gasteiger partial charge in [0.05, 0.1) is 38.2 Å². The van der Waals surface area contributed by atoms with Crippen molar-refractivity contribution in [2.75, 3.05) is 41.5 Å². The molecule has 3 rings (SSSR count). The van der Waals surface area contributed by atoms with Crippen LogP contribution >= 0.6 is 0 Å². The van der Waals surface area contributed by atoms with Gasteiger partial charge in [-0.05, 0) is 38.1 Å². The van der Waals surface area contributed by atoms with Gasteiger partial charge in [0.1, 0.15) is 0 Å². The van der Waals surface area contributed by atoms with Gasteiger partial charge in [-0.2, -0.15) is 8.61 Å². The van der Waals surface area contributed by atoms with Crippen molar-refractivity contribution < 1.29 is 35.8 Å². The Balaban J connectivity index is 1.91. The van der Waals surface area contributed by atoms with Gasteiger partial charge in [0.15, 0.2) is 23.0 Å². The maximum atomic E-state index is 13.5. The van der Waals surface area contributed by atoms with E-state index in [1.807, 2.05) is 0 Å². The molecule has 10 nitrogen and oxygen atoms in total. The molecule has 188 valence electrons. The normalized spacial score (nSPS) is 20.1. The van der Waals surface area contributed by atoms with E-state index in [1.54, 1.807) is 13.8 Å². The van der Waals surface area contributed by atoms with Crippen LogP contribution in [-0.2, 0) is 20.0 Å². The fourth-order valence-electron chi connectivity index (χ4n) is 4.15. The fraction of sp³-hybridized carbons (Fsp3) is 0.455. The number of benzene rings is 2. The molecule has 0 saturated carbocycles.